The first-order valence-corrected chi connectivity index (χ1v) is 7.86. The van der Waals surface area contributed by atoms with Gasteiger partial charge < -0.3 is 5.73 Å². The van der Waals surface area contributed by atoms with E-state index in [-0.39, 0.29) is 17.3 Å². The molecule has 0 aliphatic carbocycles. The summed E-state index contributed by atoms with van der Waals surface area (Å²) < 4.78 is 14.2. The lowest BCUT2D eigenvalue weighted by Gasteiger charge is -2.20. The molecule has 2 aromatic rings. The van der Waals surface area contributed by atoms with E-state index in [4.69, 9.17) is 5.73 Å². The van der Waals surface area contributed by atoms with E-state index in [0.29, 0.717) is 6.42 Å². The fourth-order valence-electron chi connectivity index (χ4n) is 2.30. The van der Waals surface area contributed by atoms with Gasteiger partial charge in [-0.2, -0.15) is 0 Å². The summed E-state index contributed by atoms with van der Waals surface area (Å²) in [5, 5.41) is 0. The van der Waals surface area contributed by atoms with Crippen LogP contribution in [0.15, 0.2) is 46.9 Å². The van der Waals surface area contributed by atoms with Gasteiger partial charge in [-0.05, 0) is 46.7 Å². The van der Waals surface area contributed by atoms with Gasteiger partial charge in [-0.25, -0.2) is 4.39 Å². The first-order valence-electron chi connectivity index (χ1n) is 7.07. The van der Waals surface area contributed by atoms with Crippen molar-refractivity contribution in [2.75, 3.05) is 0 Å². The van der Waals surface area contributed by atoms with Gasteiger partial charge in [-0.1, -0.05) is 61.0 Å². The van der Waals surface area contributed by atoms with Gasteiger partial charge in [0.25, 0.3) is 0 Å². The first kappa shape index (κ1) is 16.2. The highest BCUT2D eigenvalue weighted by Gasteiger charge is 2.15. The lowest BCUT2D eigenvalue weighted by atomic mass is 9.86. The standard InChI is InChI=1S/C18H21BrFN/c1-18(2,3)13-6-4-12(5-7-13)10-17(21)15-11-14(20)8-9-16(15)19/h4-9,11,17H,10,21H2,1-3H3. The Morgan fingerprint density at radius 1 is 1.10 bits per heavy atom. The second-order valence-corrected chi connectivity index (χ2v) is 7.28. The minimum atomic E-state index is -0.258. The lowest BCUT2D eigenvalue weighted by molar-refractivity contribution is 0.589. The van der Waals surface area contributed by atoms with E-state index in [9.17, 15) is 4.39 Å². The molecule has 21 heavy (non-hydrogen) atoms. The smallest absolute Gasteiger partial charge is 0.123 e. The average molecular weight is 350 g/mol. The SMILES string of the molecule is CC(C)(C)c1ccc(CC(N)c2cc(F)ccc2Br)cc1. The summed E-state index contributed by atoms with van der Waals surface area (Å²) in [5.74, 6) is -0.258. The predicted octanol–water partition coefficient (Wildman–Crippen LogP) is 5.13. The third kappa shape index (κ3) is 4.14. The van der Waals surface area contributed by atoms with Crippen LogP contribution in [0.2, 0.25) is 0 Å². The Morgan fingerprint density at radius 3 is 2.29 bits per heavy atom. The van der Waals surface area contributed by atoms with Gasteiger partial charge >= 0.3 is 0 Å². The van der Waals surface area contributed by atoms with Crippen molar-refractivity contribution in [2.45, 2.75) is 38.6 Å². The fourth-order valence-corrected chi connectivity index (χ4v) is 2.84. The molecule has 0 aliphatic heterocycles. The van der Waals surface area contributed by atoms with E-state index in [0.717, 1.165) is 15.6 Å². The summed E-state index contributed by atoms with van der Waals surface area (Å²) in [7, 11) is 0. The Bertz CT molecular complexity index is 614. The van der Waals surface area contributed by atoms with E-state index < -0.39 is 0 Å². The zero-order valence-electron chi connectivity index (χ0n) is 12.7. The highest BCUT2D eigenvalue weighted by Crippen LogP contribution is 2.27. The normalized spacial score (nSPS) is 13.2. The maximum atomic E-state index is 13.4. The predicted molar refractivity (Wildman–Crippen MR) is 89.9 cm³/mol. The van der Waals surface area contributed by atoms with Crippen LogP contribution in [0.4, 0.5) is 4.39 Å². The number of hydrogen-bond acceptors (Lipinski definition) is 1. The van der Waals surface area contributed by atoms with Crippen molar-refractivity contribution in [3.05, 3.63) is 69.4 Å². The van der Waals surface area contributed by atoms with Gasteiger partial charge in [-0.15, -0.1) is 0 Å². The minimum Gasteiger partial charge on any atom is -0.324 e. The molecule has 1 unspecified atom stereocenters. The molecule has 2 N–H and O–H groups in total. The second-order valence-electron chi connectivity index (χ2n) is 6.42. The van der Waals surface area contributed by atoms with Crippen molar-refractivity contribution in [2.24, 2.45) is 5.73 Å². The van der Waals surface area contributed by atoms with Crippen LogP contribution < -0.4 is 5.73 Å². The molecule has 0 aliphatic rings. The quantitative estimate of drug-likeness (QED) is 0.816. The lowest BCUT2D eigenvalue weighted by Crippen LogP contribution is -2.15. The number of rotatable bonds is 3. The summed E-state index contributed by atoms with van der Waals surface area (Å²) in [6.45, 7) is 6.58. The molecule has 0 saturated carbocycles. The summed E-state index contributed by atoms with van der Waals surface area (Å²) in [5.41, 5.74) is 9.63. The molecule has 0 fully saturated rings. The summed E-state index contributed by atoms with van der Waals surface area (Å²) in [4.78, 5) is 0. The second kappa shape index (κ2) is 6.29. The van der Waals surface area contributed by atoms with Crippen LogP contribution in [-0.2, 0) is 11.8 Å². The molecule has 2 aromatic carbocycles. The van der Waals surface area contributed by atoms with Crippen LogP contribution in [0, 0.1) is 5.82 Å². The molecule has 0 radical (unpaired) electrons. The van der Waals surface area contributed by atoms with E-state index in [1.54, 1.807) is 6.07 Å². The van der Waals surface area contributed by atoms with Crippen LogP contribution in [0.5, 0.6) is 0 Å². The zero-order valence-corrected chi connectivity index (χ0v) is 14.2. The Balaban J connectivity index is 2.16. The largest absolute Gasteiger partial charge is 0.324 e. The first-order chi connectivity index (χ1) is 9.77. The molecule has 0 saturated heterocycles. The minimum absolute atomic E-state index is 0.145. The molecule has 1 atom stereocenters. The van der Waals surface area contributed by atoms with Crippen LogP contribution in [-0.4, -0.2) is 0 Å². The van der Waals surface area contributed by atoms with Gasteiger partial charge in [0.15, 0.2) is 0 Å². The molecule has 0 spiro atoms. The third-order valence-electron chi connectivity index (χ3n) is 3.63. The Labute approximate surface area is 134 Å². The molecular formula is C18H21BrFN. The molecule has 2 rings (SSSR count). The van der Waals surface area contributed by atoms with Crippen LogP contribution >= 0.6 is 15.9 Å². The van der Waals surface area contributed by atoms with E-state index >= 15 is 0 Å². The van der Waals surface area contributed by atoms with Crippen molar-refractivity contribution in [1.82, 2.24) is 0 Å². The monoisotopic (exact) mass is 349 g/mol. The van der Waals surface area contributed by atoms with E-state index in [2.05, 4.69) is 61.0 Å². The number of halogens is 2. The zero-order chi connectivity index (χ0) is 15.6. The number of benzene rings is 2. The van der Waals surface area contributed by atoms with Crippen molar-refractivity contribution in [1.29, 1.82) is 0 Å². The molecular weight excluding hydrogens is 329 g/mol. The van der Waals surface area contributed by atoms with Gasteiger partial charge in [0.1, 0.15) is 5.82 Å². The molecule has 0 aromatic heterocycles. The third-order valence-corrected chi connectivity index (χ3v) is 4.36. The fraction of sp³-hybridized carbons (Fsp3) is 0.333. The van der Waals surface area contributed by atoms with Crippen LogP contribution in [0.1, 0.15) is 43.5 Å². The summed E-state index contributed by atoms with van der Waals surface area (Å²) in [6.07, 6.45) is 0.687. The topological polar surface area (TPSA) is 26.0 Å². The molecule has 112 valence electrons. The van der Waals surface area contributed by atoms with Gasteiger partial charge in [0, 0.05) is 10.5 Å². The van der Waals surface area contributed by atoms with Crippen molar-refractivity contribution in [3.63, 3.8) is 0 Å². The van der Waals surface area contributed by atoms with Gasteiger partial charge in [0.05, 0.1) is 0 Å². The Kier molecular flexibility index (Phi) is 4.84. The number of hydrogen-bond donors (Lipinski definition) is 1. The Hall–Kier alpha value is -1.19. The van der Waals surface area contributed by atoms with Gasteiger partial charge in [-0.3, -0.25) is 0 Å². The van der Waals surface area contributed by atoms with E-state index in [1.807, 2.05) is 0 Å². The van der Waals surface area contributed by atoms with Crippen molar-refractivity contribution in [3.8, 4) is 0 Å². The maximum Gasteiger partial charge on any atom is 0.123 e. The van der Waals surface area contributed by atoms with Crippen molar-refractivity contribution < 1.29 is 4.39 Å². The Morgan fingerprint density at radius 2 is 1.71 bits per heavy atom. The highest BCUT2D eigenvalue weighted by molar-refractivity contribution is 9.10. The van der Waals surface area contributed by atoms with Crippen LogP contribution in [0.3, 0.4) is 0 Å². The molecule has 1 nitrogen and oxygen atoms in total. The summed E-state index contributed by atoms with van der Waals surface area (Å²) >= 11 is 3.44. The maximum absolute atomic E-state index is 13.4. The highest BCUT2D eigenvalue weighted by atomic mass is 79.9. The van der Waals surface area contributed by atoms with Crippen LogP contribution in [0.25, 0.3) is 0 Å². The molecule has 0 heterocycles. The average Bonchev–Trinajstić information content (AvgIpc) is 2.41. The van der Waals surface area contributed by atoms with E-state index in [1.165, 1.54) is 17.7 Å². The number of nitrogens with two attached hydrogens (primary N) is 1. The van der Waals surface area contributed by atoms with Crippen molar-refractivity contribution >= 4 is 15.9 Å². The molecule has 3 heteroatoms. The summed E-state index contributed by atoms with van der Waals surface area (Å²) in [6, 6.07) is 12.9. The van der Waals surface area contributed by atoms with Gasteiger partial charge in [0.2, 0.25) is 0 Å². The molecule has 0 bridgehead atoms. The molecule has 0 amide bonds.